The van der Waals surface area contributed by atoms with Gasteiger partial charge in [0.15, 0.2) is 6.29 Å². The van der Waals surface area contributed by atoms with E-state index in [1.807, 2.05) is 0 Å². The largest absolute Gasteiger partial charge is 1.00 e. The van der Waals surface area contributed by atoms with Crippen molar-refractivity contribution in [2.75, 3.05) is 13.2 Å². The van der Waals surface area contributed by atoms with Crippen LogP contribution in [0, 0.1) is 5.92 Å². The average molecular weight is 732 g/mol. The molecule has 0 unspecified atom stereocenters. The fraction of sp³-hybridized carbons (Fsp3) is 1.00. The summed E-state index contributed by atoms with van der Waals surface area (Å²) in [4.78, 5) is 88.2. The molecule has 0 aromatic rings. The Morgan fingerprint density at radius 3 is 1.27 bits per heavy atom. The van der Waals surface area contributed by atoms with Gasteiger partial charge in [0.05, 0.1) is 44.5 Å². The topological polar surface area (TPSA) is 308 Å². The Bertz CT molecular complexity index is 820. The van der Waals surface area contributed by atoms with Crippen LogP contribution in [0.1, 0.15) is 13.8 Å². The molecule has 192 valence electrons. The Morgan fingerprint density at radius 1 is 0.600 bits per heavy atom. The molecule has 0 aromatic carbocycles. The Hall–Kier alpha value is 8.36. The van der Waals surface area contributed by atoms with Gasteiger partial charge in [-0.25, -0.2) is 0 Å². The van der Waals surface area contributed by atoms with Crippen LogP contribution >= 0.6 is 31.3 Å². The van der Waals surface area contributed by atoms with Gasteiger partial charge in [-0.15, -0.1) is 0 Å². The maximum absolute atomic E-state index is 11.1. The monoisotopic (exact) mass is 732 g/mol. The zero-order valence-electron chi connectivity index (χ0n) is 24.0. The minimum absolute atomic E-state index is 0. The molecule has 0 radical (unpaired) electrons. The summed E-state index contributed by atoms with van der Waals surface area (Å²) in [6.07, 6.45) is -12.2. The van der Waals surface area contributed by atoms with Gasteiger partial charge in [-0.3, -0.25) is 0 Å². The van der Waals surface area contributed by atoms with E-state index in [0.29, 0.717) is 0 Å². The number of phosphoric acid groups is 4. The van der Waals surface area contributed by atoms with Crippen LogP contribution in [-0.2, 0) is 45.8 Å². The average Bonchev–Trinajstić information content (AvgIpc) is 2.51. The molecule has 1 saturated heterocycles. The van der Waals surface area contributed by atoms with E-state index in [2.05, 4.69) is 18.1 Å². The molecule has 0 amide bonds. The standard InChI is InChI=1S/C10H24O18P4.8Na/c1-5(2)3-23-10-9(28-32(20,21)22)8(27-31(17,18)19)7(26-30(14,15)16)6(25-10)4-24-29(11,12)13;;;;;;;;/h5-10H,3-4H2,1-2H3,(H2,11,12,13)(H2,14,15,16)(H2,17,18,19)(H2,20,21,22);;;;;;;;/q;8*+1/p-8/t6-,7+,8+,9-,10-;;;;;;;;/m1......../s1. The molecule has 1 aliphatic heterocycles. The van der Waals surface area contributed by atoms with Crippen molar-refractivity contribution in [1.82, 2.24) is 0 Å². The fourth-order valence-electron chi connectivity index (χ4n) is 2.41. The number of ether oxygens (including phenoxy) is 2. The van der Waals surface area contributed by atoms with E-state index in [1.165, 1.54) is 0 Å². The smallest absolute Gasteiger partial charge is 0.790 e. The molecule has 0 saturated carbocycles. The van der Waals surface area contributed by atoms with E-state index in [4.69, 9.17) is 9.47 Å². The number of hydrogen-bond donors (Lipinski definition) is 0. The molecule has 18 nitrogen and oxygen atoms in total. The predicted octanol–water partition coefficient (Wildman–Crippen LogP) is -30.1. The third kappa shape index (κ3) is 32.3. The Kier molecular flexibility index (Phi) is 49.8. The van der Waals surface area contributed by atoms with Crippen LogP contribution in [0.25, 0.3) is 0 Å². The number of phosphoric ester groups is 4. The van der Waals surface area contributed by atoms with Crippen molar-refractivity contribution in [3.05, 3.63) is 0 Å². The van der Waals surface area contributed by atoms with Gasteiger partial charge in [-0.05, 0) is 5.92 Å². The molecule has 40 heavy (non-hydrogen) atoms. The van der Waals surface area contributed by atoms with Crippen LogP contribution in [0.2, 0.25) is 0 Å². The molecule has 1 heterocycles. The maximum Gasteiger partial charge on any atom is 1.00 e. The van der Waals surface area contributed by atoms with Crippen LogP contribution < -0.4 is 276 Å². The minimum Gasteiger partial charge on any atom is -0.790 e. The normalized spacial score (nSPS) is 22.6. The SMILES string of the molecule is CC(C)CO[C@@H]1O[C@H](COP(=O)([O-])[O-])[C@H](OP(=O)([O-])[O-])[C@H](OP(=O)([O-])[O-])[C@H]1OP(=O)([O-])[O-].[Na+].[Na+].[Na+].[Na+].[Na+].[Na+].[Na+].[Na+]. The van der Waals surface area contributed by atoms with Gasteiger partial charge in [-0.1, -0.05) is 13.8 Å². The Balaban J connectivity index is -0.000000213. The predicted molar refractivity (Wildman–Crippen MR) is 80.4 cm³/mol. The first kappa shape index (κ1) is 66.6. The Labute approximate surface area is 408 Å². The Morgan fingerprint density at radius 2 is 0.950 bits per heavy atom. The number of rotatable bonds is 12. The van der Waals surface area contributed by atoms with Crippen LogP contribution in [0.15, 0.2) is 0 Å². The van der Waals surface area contributed by atoms with Crippen LogP contribution in [-0.4, -0.2) is 43.9 Å². The van der Waals surface area contributed by atoms with Crippen molar-refractivity contribution < 1.29 is 321 Å². The van der Waals surface area contributed by atoms with E-state index in [9.17, 15) is 57.4 Å². The third-order valence-electron chi connectivity index (χ3n) is 3.33. The van der Waals surface area contributed by atoms with E-state index in [0.717, 1.165) is 0 Å². The van der Waals surface area contributed by atoms with Crippen molar-refractivity contribution in [3.63, 3.8) is 0 Å². The van der Waals surface area contributed by atoms with Crippen molar-refractivity contribution in [1.29, 1.82) is 0 Å². The van der Waals surface area contributed by atoms with Gasteiger partial charge in [0.2, 0.25) is 0 Å². The molecular weight excluding hydrogens is 716 g/mol. The van der Waals surface area contributed by atoms with Gasteiger partial charge < -0.3 is 85.0 Å². The molecule has 0 bridgehead atoms. The minimum atomic E-state index is -6.16. The summed E-state index contributed by atoms with van der Waals surface area (Å²) in [5.74, 6) is -0.328. The quantitative estimate of drug-likeness (QED) is 0.133. The summed E-state index contributed by atoms with van der Waals surface area (Å²) in [6.45, 7) is 1.38. The molecule has 5 atom stereocenters. The number of hydrogen-bond acceptors (Lipinski definition) is 18. The summed E-state index contributed by atoms with van der Waals surface area (Å²) in [5, 5.41) is 0. The molecule has 0 N–H and O–H groups in total. The molecule has 0 spiro atoms. The third-order valence-corrected chi connectivity index (χ3v) is 5.30. The second-order valence-electron chi connectivity index (χ2n) is 6.56. The van der Waals surface area contributed by atoms with Crippen molar-refractivity contribution in [3.8, 4) is 0 Å². The molecule has 0 aromatic heterocycles. The summed E-state index contributed by atoms with van der Waals surface area (Å²) >= 11 is 0. The molecule has 1 aliphatic rings. The van der Waals surface area contributed by atoms with E-state index >= 15 is 0 Å². The zero-order valence-corrected chi connectivity index (χ0v) is 43.6. The van der Waals surface area contributed by atoms with Crippen LogP contribution in [0.3, 0.4) is 0 Å². The molecular formula is C10H16Na8O18P4. The first-order valence-electron chi connectivity index (χ1n) is 8.22. The van der Waals surface area contributed by atoms with Crippen LogP contribution in [0.5, 0.6) is 0 Å². The van der Waals surface area contributed by atoms with Gasteiger partial charge in [-0.2, -0.15) is 0 Å². The van der Waals surface area contributed by atoms with E-state index in [-0.39, 0.29) is 249 Å². The molecule has 0 aliphatic carbocycles. The van der Waals surface area contributed by atoms with E-state index < -0.39 is 68.6 Å². The first-order chi connectivity index (χ1) is 14.2. The summed E-state index contributed by atoms with van der Waals surface area (Å²) in [7, 11) is -24.1. The van der Waals surface area contributed by atoms with Crippen molar-refractivity contribution in [2.24, 2.45) is 5.92 Å². The van der Waals surface area contributed by atoms with Crippen LogP contribution in [0.4, 0.5) is 0 Å². The second kappa shape index (κ2) is 29.9. The fourth-order valence-corrected chi connectivity index (χ4v) is 4.34. The van der Waals surface area contributed by atoms with Crippen molar-refractivity contribution >= 4 is 31.3 Å². The maximum atomic E-state index is 11.1. The summed E-state index contributed by atoms with van der Waals surface area (Å²) in [6, 6.07) is 0. The van der Waals surface area contributed by atoms with Gasteiger partial charge in [0.25, 0.3) is 0 Å². The van der Waals surface area contributed by atoms with Gasteiger partial charge in [0.1, 0.15) is 24.4 Å². The molecule has 1 rings (SSSR count). The van der Waals surface area contributed by atoms with E-state index in [1.54, 1.807) is 13.8 Å². The summed E-state index contributed by atoms with van der Waals surface area (Å²) in [5.41, 5.74) is 0. The van der Waals surface area contributed by atoms with Gasteiger partial charge in [0, 0.05) is 0 Å². The first-order valence-corrected chi connectivity index (χ1v) is 14.1. The molecule has 1 fully saturated rings. The zero-order chi connectivity index (χ0) is 25.1. The van der Waals surface area contributed by atoms with Crippen molar-refractivity contribution in [2.45, 2.75) is 44.6 Å². The van der Waals surface area contributed by atoms with Gasteiger partial charge >= 0.3 is 236 Å². The second-order valence-corrected chi connectivity index (χ2v) is 11.0. The summed E-state index contributed by atoms with van der Waals surface area (Å²) < 4.78 is 70.3. The molecule has 30 heteroatoms.